The van der Waals surface area contributed by atoms with E-state index in [1.165, 1.54) is 0 Å². The number of carbonyl (C=O) groups is 1. The van der Waals surface area contributed by atoms with Crippen LogP contribution in [0.4, 0.5) is 0 Å². The van der Waals surface area contributed by atoms with E-state index in [0.29, 0.717) is 25.9 Å². The van der Waals surface area contributed by atoms with Gasteiger partial charge in [0, 0.05) is 25.6 Å². The molecule has 0 saturated carbocycles. The first-order valence-corrected chi connectivity index (χ1v) is 7.88. The lowest BCUT2D eigenvalue weighted by Gasteiger charge is -2.23. The van der Waals surface area contributed by atoms with Crippen LogP contribution in [0, 0.1) is 5.92 Å². The molecule has 1 rings (SSSR count). The molecule has 6 heteroatoms. The molecule has 0 spiro atoms. The van der Waals surface area contributed by atoms with Crippen molar-refractivity contribution in [1.82, 2.24) is 4.90 Å². The smallest absolute Gasteiger partial charge is 0.224 e. The standard InChI is InChI=1S/C11H22N2O3S/c1-9(2)10(12)8-11(14)13-4-3-6-17(15,16)7-5-13/h9-10H,3-8,12H2,1-2H3. The number of carbonyl (C=O) groups excluding carboxylic acids is 1. The van der Waals surface area contributed by atoms with Gasteiger partial charge in [-0.05, 0) is 12.3 Å². The van der Waals surface area contributed by atoms with Crippen molar-refractivity contribution in [2.75, 3.05) is 24.6 Å². The third-order valence-corrected chi connectivity index (χ3v) is 4.89. The molecule has 1 saturated heterocycles. The van der Waals surface area contributed by atoms with Gasteiger partial charge in [-0.15, -0.1) is 0 Å². The van der Waals surface area contributed by atoms with Gasteiger partial charge in [-0.1, -0.05) is 13.8 Å². The van der Waals surface area contributed by atoms with E-state index in [1.807, 2.05) is 13.8 Å². The quantitative estimate of drug-likeness (QED) is 0.776. The number of sulfone groups is 1. The van der Waals surface area contributed by atoms with Gasteiger partial charge in [-0.25, -0.2) is 8.42 Å². The predicted octanol–water partition coefficient (Wildman–Crippen LogP) is 0.00690. The molecule has 100 valence electrons. The van der Waals surface area contributed by atoms with E-state index in [9.17, 15) is 13.2 Å². The normalized spacial score (nSPS) is 22.2. The molecule has 1 atom stereocenters. The molecule has 5 nitrogen and oxygen atoms in total. The second-order valence-electron chi connectivity index (χ2n) is 5.00. The molecule has 1 fully saturated rings. The zero-order chi connectivity index (χ0) is 13.1. The Hall–Kier alpha value is -0.620. The van der Waals surface area contributed by atoms with Crippen LogP contribution < -0.4 is 5.73 Å². The summed E-state index contributed by atoms with van der Waals surface area (Å²) in [6, 6.07) is -0.151. The molecule has 1 amide bonds. The fourth-order valence-electron chi connectivity index (χ4n) is 1.75. The van der Waals surface area contributed by atoms with Gasteiger partial charge < -0.3 is 10.6 Å². The first kappa shape index (κ1) is 14.4. The summed E-state index contributed by atoms with van der Waals surface area (Å²) >= 11 is 0. The summed E-state index contributed by atoms with van der Waals surface area (Å²) in [5, 5.41) is 0. The SMILES string of the molecule is CC(C)C(N)CC(=O)N1CCCS(=O)(=O)CC1. The molecule has 1 heterocycles. The Morgan fingerprint density at radius 2 is 1.94 bits per heavy atom. The van der Waals surface area contributed by atoms with Gasteiger partial charge in [-0.2, -0.15) is 0 Å². The molecule has 1 aliphatic rings. The zero-order valence-electron chi connectivity index (χ0n) is 10.6. The average molecular weight is 262 g/mol. The molecule has 0 aliphatic carbocycles. The summed E-state index contributed by atoms with van der Waals surface area (Å²) < 4.78 is 22.8. The van der Waals surface area contributed by atoms with Gasteiger partial charge in [0.05, 0.1) is 11.5 Å². The molecule has 17 heavy (non-hydrogen) atoms. The monoisotopic (exact) mass is 262 g/mol. The van der Waals surface area contributed by atoms with Crippen molar-refractivity contribution in [3.8, 4) is 0 Å². The van der Waals surface area contributed by atoms with Crippen LogP contribution in [-0.4, -0.2) is 49.9 Å². The molecule has 1 aliphatic heterocycles. The van der Waals surface area contributed by atoms with E-state index >= 15 is 0 Å². The summed E-state index contributed by atoms with van der Waals surface area (Å²) in [4.78, 5) is 13.6. The van der Waals surface area contributed by atoms with E-state index in [1.54, 1.807) is 4.90 Å². The first-order chi connectivity index (χ1) is 7.82. The van der Waals surface area contributed by atoms with Crippen LogP contribution in [0.25, 0.3) is 0 Å². The van der Waals surface area contributed by atoms with Crippen LogP contribution in [0.15, 0.2) is 0 Å². The van der Waals surface area contributed by atoms with Crippen LogP contribution in [-0.2, 0) is 14.6 Å². The Labute approximate surface area is 103 Å². The Morgan fingerprint density at radius 1 is 1.29 bits per heavy atom. The second kappa shape index (κ2) is 5.82. The molecule has 0 aromatic carbocycles. The highest BCUT2D eigenvalue weighted by Crippen LogP contribution is 2.10. The van der Waals surface area contributed by atoms with Crippen molar-refractivity contribution in [1.29, 1.82) is 0 Å². The average Bonchev–Trinajstić information content (AvgIpc) is 2.39. The van der Waals surface area contributed by atoms with Crippen LogP contribution in [0.2, 0.25) is 0 Å². The number of nitrogens with zero attached hydrogens (tertiary/aromatic N) is 1. The highest BCUT2D eigenvalue weighted by atomic mass is 32.2. The second-order valence-corrected chi connectivity index (χ2v) is 7.30. The first-order valence-electron chi connectivity index (χ1n) is 6.05. The fraction of sp³-hybridized carbons (Fsp3) is 0.909. The molecular weight excluding hydrogens is 240 g/mol. The molecule has 2 N–H and O–H groups in total. The minimum absolute atomic E-state index is 0.0247. The number of rotatable bonds is 3. The zero-order valence-corrected chi connectivity index (χ0v) is 11.4. The fourth-order valence-corrected chi connectivity index (χ4v) is 3.03. The van der Waals surface area contributed by atoms with Gasteiger partial charge in [-0.3, -0.25) is 4.79 Å². The Balaban J connectivity index is 2.53. The molecule has 0 aromatic heterocycles. The van der Waals surface area contributed by atoms with Crippen molar-refractivity contribution >= 4 is 15.7 Å². The van der Waals surface area contributed by atoms with Crippen LogP contribution in [0.1, 0.15) is 26.7 Å². The highest BCUT2D eigenvalue weighted by molar-refractivity contribution is 7.91. The van der Waals surface area contributed by atoms with Gasteiger partial charge in [0.1, 0.15) is 0 Å². The summed E-state index contributed by atoms with van der Waals surface area (Å²) in [7, 11) is -2.96. The minimum Gasteiger partial charge on any atom is -0.342 e. The van der Waals surface area contributed by atoms with Crippen molar-refractivity contribution < 1.29 is 13.2 Å². The van der Waals surface area contributed by atoms with E-state index in [4.69, 9.17) is 5.73 Å². The van der Waals surface area contributed by atoms with E-state index in [-0.39, 0.29) is 29.4 Å². The van der Waals surface area contributed by atoms with E-state index < -0.39 is 9.84 Å². The Morgan fingerprint density at radius 3 is 2.53 bits per heavy atom. The number of hydrogen-bond donors (Lipinski definition) is 1. The van der Waals surface area contributed by atoms with E-state index in [0.717, 1.165) is 0 Å². The van der Waals surface area contributed by atoms with Crippen LogP contribution in [0.3, 0.4) is 0 Å². The topological polar surface area (TPSA) is 80.5 Å². The molecular formula is C11H22N2O3S. The maximum absolute atomic E-state index is 11.9. The maximum atomic E-state index is 11.9. The number of hydrogen-bond acceptors (Lipinski definition) is 4. The van der Waals surface area contributed by atoms with Gasteiger partial charge in [0.15, 0.2) is 9.84 Å². The summed E-state index contributed by atoms with van der Waals surface area (Å²) in [5.41, 5.74) is 5.85. The predicted molar refractivity (Wildman–Crippen MR) is 67.3 cm³/mol. The third-order valence-electron chi connectivity index (χ3n) is 3.17. The molecule has 0 radical (unpaired) electrons. The van der Waals surface area contributed by atoms with E-state index in [2.05, 4.69) is 0 Å². The van der Waals surface area contributed by atoms with Crippen LogP contribution in [0.5, 0.6) is 0 Å². The highest BCUT2D eigenvalue weighted by Gasteiger charge is 2.24. The maximum Gasteiger partial charge on any atom is 0.224 e. The molecule has 0 bridgehead atoms. The lowest BCUT2D eigenvalue weighted by molar-refractivity contribution is -0.131. The molecule has 1 unspecified atom stereocenters. The van der Waals surface area contributed by atoms with Crippen molar-refractivity contribution in [2.24, 2.45) is 11.7 Å². The van der Waals surface area contributed by atoms with Gasteiger partial charge in [0.25, 0.3) is 0 Å². The third kappa shape index (κ3) is 4.63. The summed E-state index contributed by atoms with van der Waals surface area (Å²) in [5.74, 6) is 0.501. The summed E-state index contributed by atoms with van der Waals surface area (Å²) in [6.07, 6.45) is 0.836. The van der Waals surface area contributed by atoms with Crippen molar-refractivity contribution in [3.63, 3.8) is 0 Å². The Bertz CT molecular complexity index is 365. The lowest BCUT2D eigenvalue weighted by atomic mass is 10.0. The lowest BCUT2D eigenvalue weighted by Crippen LogP contribution is -2.39. The summed E-state index contributed by atoms with van der Waals surface area (Å²) in [6.45, 7) is 4.80. The van der Waals surface area contributed by atoms with Crippen molar-refractivity contribution in [3.05, 3.63) is 0 Å². The van der Waals surface area contributed by atoms with Gasteiger partial charge in [0.2, 0.25) is 5.91 Å². The largest absolute Gasteiger partial charge is 0.342 e. The number of amides is 1. The van der Waals surface area contributed by atoms with Crippen molar-refractivity contribution in [2.45, 2.75) is 32.7 Å². The molecule has 0 aromatic rings. The number of nitrogens with two attached hydrogens (primary N) is 1. The van der Waals surface area contributed by atoms with Gasteiger partial charge >= 0.3 is 0 Å². The van der Waals surface area contributed by atoms with Crippen LogP contribution >= 0.6 is 0 Å². The Kier molecular flexibility index (Phi) is 4.94. The minimum atomic E-state index is -2.96.